The van der Waals surface area contributed by atoms with Crippen LogP contribution in [0.3, 0.4) is 0 Å². The van der Waals surface area contributed by atoms with Crippen molar-refractivity contribution in [3.05, 3.63) is 11.9 Å². The molecule has 0 aliphatic heterocycles. The maximum absolute atomic E-state index is 4.24. The molecule has 0 aromatic carbocycles. The Morgan fingerprint density at radius 2 is 2.05 bits per heavy atom. The molecule has 0 atom stereocenters. The van der Waals surface area contributed by atoms with Crippen LogP contribution in [0, 0.1) is 5.92 Å². The third-order valence-corrected chi connectivity index (χ3v) is 4.32. The number of unbranched alkanes of at least 4 members (excludes halogenated alkanes) is 1. The standard InChI is InChI=1S/C15H28N4/c1-3-5-10-19-12-15(17-18-19)11-16-14-8-6-13(4-2)7-9-14/h12-14,16H,3-11H2,1-2H3. The van der Waals surface area contributed by atoms with Crippen molar-refractivity contribution in [3.63, 3.8) is 0 Å². The second kappa shape index (κ2) is 7.63. The molecule has 1 N–H and O–H groups in total. The molecule has 1 aliphatic carbocycles. The summed E-state index contributed by atoms with van der Waals surface area (Å²) in [7, 11) is 0. The van der Waals surface area contributed by atoms with Crippen molar-refractivity contribution in [3.8, 4) is 0 Å². The molecular formula is C15H28N4. The number of nitrogens with one attached hydrogen (secondary N) is 1. The molecule has 2 rings (SSSR count). The Labute approximate surface area is 117 Å². The van der Waals surface area contributed by atoms with E-state index in [1.165, 1.54) is 44.9 Å². The Balaban J connectivity index is 1.69. The van der Waals surface area contributed by atoms with Crippen molar-refractivity contribution in [1.29, 1.82) is 0 Å². The van der Waals surface area contributed by atoms with E-state index in [4.69, 9.17) is 0 Å². The average Bonchev–Trinajstić information content (AvgIpc) is 2.91. The fraction of sp³-hybridized carbons (Fsp3) is 0.867. The molecule has 0 saturated heterocycles. The van der Waals surface area contributed by atoms with Crippen LogP contribution in [0.4, 0.5) is 0 Å². The molecule has 4 nitrogen and oxygen atoms in total. The zero-order chi connectivity index (χ0) is 13.5. The Morgan fingerprint density at radius 3 is 2.74 bits per heavy atom. The normalized spacial score (nSPS) is 23.7. The maximum atomic E-state index is 4.24. The highest BCUT2D eigenvalue weighted by atomic mass is 15.4. The van der Waals surface area contributed by atoms with Gasteiger partial charge in [0.25, 0.3) is 0 Å². The molecule has 1 heterocycles. The van der Waals surface area contributed by atoms with Crippen LogP contribution in [0.1, 0.15) is 64.5 Å². The molecule has 1 aliphatic rings. The van der Waals surface area contributed by atoms with Crippen molar-refractivity contribution in [2.45, 2.75) is 77.9 Å². The topological polar surface area (TPSA) is 42.7 Å². The van der Waals surface area contributed by atoms with Crippen LogP contribution in [0.2, 0.25) is 0 Å². The summed E-state index contributed by atoms with van der Waals surface area (Å²) in [6.07, 6.45) is 11.2. The monoisotopic (exact) mass is 264 g/mol. The third-order valence-electron chi connectivity index (χ3n) is 4.32. The predicted octanol–water partition coefficient (Wildman–Crippen LogP) is 3.14. The zero-order valence-electron chi connectivity index (χ0n) is 12.4. The van der Waals surface area contributed by atoms with Crippen LogP contribution in [0.15, 0.2) is 6.20 Å². The van der Waals surface area contributed by atoms with E-state index in [1.54, 1.807) is 0 Å². The van der Waals surface area contributed by atoms with Crippen LogP contribution in [0.25, 0.3) is 0 Å². The van der Waals surface area contributed by atoms with Crippen LogP contribution in [-0.2, 0) is 13.1 Å². The van der Waals surface area contributed by atoms with Crippen molar-refractivity contribution >= 4 is 0 Å². The lowest BCUT2D eigenvalue weighted by Crippen LogP contribution is -2.32. The van der Waals surface area contributed by atoms with Gasteiger partial charge in [-0.15, -0.1) is 5.10 Å². The molecule has 0 bridgehead atoms. The van der Waals surface area contributed by atoms with Crippen molar-refractivity contribution in [2.75, 3.05) is 0 Å². The summed E-state index contributed by atoms with van der Waals surface area (Å²) in [5.41, 5.74) is 1.08. The lowest BCUT2D eigenvalue weighted by atomic mass is 9.84. The lowest BCUT2D eigenvalue weighted by Gasteiger charge is -2.28. The second-order valence-electron chi connectivity index (χ2n) is 5.83. The predicted molar refractivity (Wildman–Crippen MR) is 77.8 cm³/mol. The number of hydrogen-bond acceptors (Lipinski definition) is 3. The number of rotatable bonds is 7. The first-order valence-corrected chi connectivity index (χ1v) is 7.94. The van der Waals surface area contributed by atoms with E-state index in [9.17, 15) is 0 Å². The van der Waals surface area contributed by atoms with Crippen molar-refractivity contribution in [1.82, 2.24) is 20.3 Å². The highest BCUT2D eigenvalue weighted by Crippen LogP contribution is 2.26. The van der Waals surface area contributed by atoms with Gasteiger partial charge in [0.15, 0.2) is 0 Å². The van der Waals surface area contributed by atoms with Crippen LogP contribution >= 0.6 is 0 Å². The fourth-order valence-corrected chi connectivity index (χ4v) is 2.87. The lowest BCUT2D eigenvalue weighted by molar-refractivity contribution is 0.284. The molecule has 1 aromatic heterocycles. The molecule has 19 heavy (non-hydrogen) atoms. The van der Waals surface area contributed by atoms with Gasteiger partial charge in [-0.2, -0.15) is 0 Å². The van der Waals surface area contributed by atoms with E-state index < -0.39 is 0 Å². The average molecular weight is 264 g/mol. The molecule has 108 valence electrons. The van der Waals surface area contributed by atoms with Gasteiger partial charge in [-0.1, -0.05) is 31.9 Å². The minimum atomic E-state index is 0.684. The largest absolute Gasteiger partial charge is 0.308 e. The SMILES string of the molecule is CCCCn1cc(CNC2CCC(CC)CC2)nn1. The molecule has 0 spiro atoms. The Hall–Kier alpha value is -0.900. The molecule has 1 saturated carbocycles. The van der Waals surface area contributed by atoms with Crippen LogP contribution in [-0.4, -0.2) is 21.0 Å². The molecule has 0 radical (unpaired) electrons. The summed E-state index contributed by atoms with van der Waals surface area (Å²) in [5, 5.41) is 12.0. The summed E-state index contributed by atoms with van der Waals surface area (Å²) >= 11 is 0. The first kappa shape index (κ1) is 14.5. The van der Waals surface area contributed by atoms with Gasteiger partial charge in [0.05, 0.1) is 5.69 Å². The Morgan fingerprint density at radius 1 is 1.26 bits per heavy atom. The fourth-order valence-electron chi connectivity index (χ4n) is 2.87. The van der Waals surface area contributed by atoms with Gasteiger partial charge in [0, 0.05) is 25.3 Å². The molecule has 0 unspecified atom stereocenters. The number of aryl methyl sites for hydroxylation is 1. The smallest absolute Gasteiger partial charge is 0.0964 e. The minimum absolute atomic E-state index is 0.684. The zero-order valence-corrected chi connectivity index (χ0v) is 12.4. The van der Waals surface area contributed by atoms with Gasteiger partial charge in [0.2, 0.25) is 0 Å². The molecule has 0 amide bonds. The summed E-state index contributed by atoms with van der Waals surface area (Å²) < 4.78 is 1.97. The third kappa shape index (κ3) is 4.60. The first-order chi connectivity index (χ1) is 9.31. The van der Waals surface area contributed by atoms with Gasteiger partial charge in [-0.25, -0.2) is 0 Å². The van der Waals surface area contributed by atoms with Crippen LogP contribution < -0.4 is 5.32 Å². The van der Waals surface area contributed by atoms with Gasteiger partial charge in [-0.05, 0) is 38.0 Å². The number of nitrogens with zero attached hydrogens (tertiary/aromatic N) is 3. The van der Waals surface area contributed by atoms with E-state index in [0.29, 0.717) is 6.04 Å². The quantitative estimate of drug-likeness (QED) is 0.822. The van der Waals surface area contributed by atoms with Gasteiger partial charge in [-0.3, -0.25) is 4.68 Å². The van der Waals surface area contributed by atoms with E-state index >= 15 is 0 Å². The van der Waals surface area contributed by atoms with Gasteiger partial charge in [0.1, 0.15) is 0 Å². The van der Waals surface area contributed by atoms with Crippen molar-refractivity contribution < 1.29 is 0 Å². The van der Waals surface area contributed by atoms with E-state index in [1.807, 2.05) is 4.68 Å². The van der Waals surface area contributed by atoms with Crippen molar-refractivity contribution in [2.24, 2.45) is 5.92 Å². The summed E-state index contributed by atoms with van der Waals surface area (Å²) in [6.45, 7) is 6.37. The highest BCUT2D eigenvalue weighted by Gasteiger charge is 2.19. The van der Waals surface area contributed by atoms with E-state index in [-0.39, 0.29) is 0 Å². The summed E-state index contributed by atoms with van der Waals surface area (Å²) in [4.78, 5) is 0. The van der Waals surface area contributed by atoms with Gasteiger partial charge >= 0.3 is 0 Å². The number of aromatic nitrogens is 3. The molecule has 1 aromatic rings. The second-order valence-corrected chi connectivity index (χ2v) is 5.83. The maximum Gasteiger partial charge on any atom is 0.0964 e. The van der Waals surface area contributed by atoms with E-state index in [0.717, 1.165) is 24.7 Å². The van der Waals surface area contributed by atoms with Crippen LogP contribution in [0.5, 0.6) is 0 Å². The Kier molecular flexibility index (Phi) is 5.83. The summed E-state index contributed by atoms with van der Waals surface area (Å²) in [6, 6.07) is 0.684. The van der Waals surface area contributed by atoms with E-state index in [2.05, 4.69) is 35.7 Å². The first-order valence-electron chi connectivity index (χ1n) is 7.94. The molecule has 4 heteroatoms. The number of hydrogen-bond donors (Lipinski definition) is 1. The highest BCUT2D eigenvalue weighted by molar-refractivity contribution is 4.92. The minimum Gasteiger partial charge on any atom is -0.308 e. The Bertz CT molecular complexity index is 353. The molecule has 1 fully saturated rings. The summed E-state index contributed by atoms with van der Waals surface area (Å²) in [5.74, 6) is 0.966. The van der Waals surface area contributed by atoms with Gasteiger partial charge < -0.3 is 5.32 Å². The molecular weight excluding hydrogens is 236 g/mol.